The molecule has 0 bridgehead atoms. The van der Waals surface area contributed by atoms with E-state index in [9.17, 15) is 14.4 Å². The van der Waals surface area contributed by atoms with E-state index < -0.39 is 17.2 Å². The lowest BCUT2D eigenvalue weighted by Gasteiger charge is -2.23. The van der Waals surface area contributed by atoms with E-state index >= 15 is 0 Å². The van der Waals surface area contributed by atoms with Crippen LogP contribution in [0.15, 0.2) is 39.9 Å². The molecule has 1 amide bonds. The zero-order chi connectivity index (χ0) is 21.4. The van der Waals surface area contributed by atoms with Gasteiger partial charge in [-0.05, 0) is 25.0 Å². The number of aromatic nitrogens is 2. The second-order valence-electron chi connectivity index (χ2n) is 6.73. The number of H-pyrrole nitrogens is 1. The fourth-order valence-corrected chi connectivity index (χ4v) is 2.92. The first kappa shape index (κ1) is 22.2. The van der Waals surface area contributed by atoms with Crippen LogP contribution in [0.4, 0.5) is 11.5 Å². The highest BCUT2D eigenvalue weighted by atomic mass is 16.5. The number of aromatic amines is 1. The van der Waals surface area contributed by atoms with Crippen LogP contribution in [0.3, 0.4) is 0 Å². The van der Waals surface area contributed by atoms with Gasteiger partial charge < -0.3 is 10.5 Å². The number of carbonyl (C=O) groups is 1. The summed E-state index contributed by atoms with van der Waals surface area (Å²) in [6.07, 6.45) is 4.62. The first-order chi connectivity index (χ1) is 13.9. The van der Waals surface area contributed by atoms with Crippen molar-refractivity contribution in [2.75, 3.05) is 30.9 Å². The van der Waals surface area contributed by atoms with Gasteiger partial charge in [-0.15, -0.1) is 0 Å². The number of ether oxygens (including phenoxy) is 1. The number of nitrogens with zero attached hydrogens (tertiary/aromatic N) is 2. The van der Waals surface area contributed by atoms with Gasteiger partial charge in [0.15, 0.2) is 5.69 Å². The molecule has 0 aliphatic heterocycles. The Kier molecular flexibility index (Phi) is 7.97. The summed E-state index contributed by atoms with van der Waals surface area (Å²) in [6.45, 7) is 4.63. The number of carbonyl (C=O) groups excluding carboxylic acids is 1. The standard InChI is InChI=1S/C21H28N4O4/c1-4-5-11-25-19(22)18(20(27)23-21(25)28)24(12-13-29-3)17(26)10-9-16-8-6-7-15(2)14-16/h6-10,14H,4-5,11-13,22H2,1-3H3,(H,23,27,28)/b10-9+. The molecule has 156 valence electrons. The van der Waals surface area contributed by atoms with Crippen LogP contribution in [0.25, 0.3) is 6.08 Å². The summed E-state index contributed by atoms with van der Waals surface area (Å²) in [7, 11) is 1.50. The molecule has 1 aromatic heterocycles. The van der Waals surface area contributed by atoms with Crippen LogP contribution in [0.2, 0.25) is 0 Å². The second-order valence-corrected chi connectivity index (χ2v) is 6.73. The summed E-state index contributed by atoms with van der Waals surface area (Å²) in [5.41, 5.74) is 6.75. The molecule has 8 nitrogen and oxygen atoms in total. The van der Waals surface area contributed by atoms with Gasteiger partial charge in [0, 0.05) is 26.3 Å². The van der Waals surface area contributed by atoms with E-state index in [2.05, 4.69) is 4.98 Å². The van der Waals surface area contributed by atoms with Crippen LogP contribution in [-0.4, -0.2) is 35.7 Å². The van der Waals surface area contributed by atoms with E-state index in [0.29, 0.717) is 6.54 Å². The number of anilines is 2. The first-order valence-electron chi connectivity index (χ1n) is 9.56. The molecule has 1 heterocycles. The zero-order valence-electron chi connectivity index (χ0n) is 17.1. The Hall–Kier alpha value is -3.13. The van der Waals surface area contributed by atoms with Gasteiger partial charge in [-0.2, -0.15) is 0 Å². The van der Waals surface area contributed by atoms with Crippen LogP contribution < -0.4 is 21.9 Å². The number of benzene rings is 1. The topological polar surface area (TPSA) is 110 Å². The van der Waals surface area contributed by atoms with Crippen molar-refractivity contribution in [1.82, 2.24) is 9.55 Å². The lowest BCUT2D eigenvalue weighted by Crippen LogP contribution is -2.42. The average Bonchev–Trinajstić information content (AvgIpc) is 2.68. The summed E-state index contributed by atoms with van der Waals surface area (Å²) < 4.78 is 6.37. The van der Waals surface area contributed by atoms with Gasteiger partial charge in [0.1, 0.15) is 5.82 Å². The molecule has 2 aromatic rings. The van der Waals surface area contributed by atoms with Gasteiger partial charge >= 0.3 is 5.69 Å². The van der Waals surface area contributed by atoms with Crippen LogP contribution >= 0.6 is 0 Å². The largest absolute Gasteiger partial charge is 0.383 e. The van der Waals surface area contributed by atoms with Crippen molar-refractivity contribution in [3.63, 3.8) is 0 Å². The summed E-state index contributed by atoms with van der Waals surface area (Å²) in [4.78, 5) is 41.1. The van der Waals surface area contributed by atoms with E-state index in [4.69, 9.17) is 10.5 Å². The van der Waals surface area contributed by atoms with Crippen LogP contribution in [0, 0.1) is 6.92 Å². The summed E-state index contributed by atoms with van der Waals surface area (Å²) >= 11 is 0. The number of hydrogen-bond acceptors (Lipinski definition) is 5. The van der Waals surface area contributed by atoms with E-state index in [-0.39, 0.29) is 24.7 Å². The minimum atomic E-state index is -0.700. The fraction of sp³-hybridized carbons (Fsp3) is 0.381. The van der Waals surface area contributed by atoms with Crippen molar-refractivity contribution in [3.05, 3.63) is 62.3 Å². The molecule has 0 aliphatic rings. The molecular weight excluding hydrogens is 372 g/mol. The minimum absolute atomic E-state index is 0.0272. The maximum atomic E-state index is 12.9. The number of rotatable bonds is 9. The molecule has 8 heteroatoms. The number of amides is 1. The van der Waals surface area contributed by atoms with Gasteiger partial charge in [0.25, 0.3) is 11.5 Å². The predicted molar refractivity (Wildman–Crippen MR) is 115 cm³/mol. The number of methoxy groups -OCH3 is 1. The molecule has 0 spiro atoms. The van der Waals surface area contributed by atoms with E-state index in [1.165, 1.54) is 22.7 Å². The molecule has 0 fully saturated rings. The SMILES string of the molecule is CCCCn1c(N)c(N(CCOC)C(=O)/C=C/c2cccc(C)c2)c(=O)[nH]c1=O. The molecule has 29 heavy (non-hydrogen) atoms. The van der Waals surface area contributed by atoms with Gasteiger partial charge in [-0.25, -0.2) is 4.79 Å². The molecule has 0 atom stereocenters. The van der Waals surface area contributed by atoms with Gasteiger partial charge in [-0.3, -0.25) is 24.0 Å². The fourth-order valence-electron chi connectivity index (χ4n) is 2.92. The third-order valence-corrected chi connectivity index (χ3v) is 4.46. The lowest BCUT2D eigenvalue weighted by atomic mass is 10.1. The van der Waals surface area contributed by atoms with Crippen LogP contribution in [-0.2, 0) is 16.1 Å². The number of aryl methyl sites for hydroxylation is 1. The normalized spacial score (nSPS) is 11.1. The Bertz CT molecular complexity index is 991. The molecule has 3 N–H and O–H groups in total. The van der Waals surface area contributed by atoms with E-state index in [0.717, 1.165) is 24.0 Å². The lowest BCUT2D eigenvalue weighted by molar-refractivity contribution is -0.114. The summed E-state index contributed by atoms with van der Waals surface area (Å²) in [6, 6.07) is 7.68. The molecule has 2 rings (SSSR count). The van der Waals surface area contributed by atoms with Crippen molar-refractivity contribution in [3.8, 4) is 0 Å². The number of hydrogen-bond donors (Lipinski definition) is 2. The first-order valence-corrected chi connectivity index (χ1v) is 9.56. The third kappa shape index (κ3) is 5.68. The molecule has 0 saturated carbocycles. The molecule has 0 aliphatic carbocycles. The zero-order valence-corrected chi connectivity index (χ0v) is 17.1. The Morgan fingerprint density at radius 3 is 2.76 bits per heavy atom. The van der Waals surface area contributed by atoms with E-state index in [1.807, 2.05) is 38.1 Å². The maximum absolute atomic E-state index is 12.9. The maximum Gasteiger partial charge on any atom is 0.330 e. The predicted octanol–water partition coefficient (Wildman–Crippen LogP) is 1.92. The van der Waals surface area contributed by atoms with Gasteiger partial charge in [-0.1, -0.05) is 43.2 Å². The summed E-state index contributed by atoms with van der Waals surface area (Å²) in [5, 5.41) is 0. The van der Waals surface area contributed by atoms with Crippen molar-refractivity contribution < 1.29 is 9.53 Å². The quantitative estimate of drug-likeness (QED) is 0.625. The van der Waals surface area contributed by atoms with Crippen molar-refractivity contribution in [1.29, 1.82) is 0 Å². The third-order valence-electron chi connectivity index (χ3n) is 4.46. The Morgan fingerprint density at radius 2 is 2.10 bits per heavy atom. The van der Waals surface area contributed by atoms with Crippen LogP contribution in [0.5, 0.6) is 0 Å². The van der Waals surface area contributed by atoms with Crippen LogP contribution in [0.1, 0.15) is 30.9 Å². The number of unbranched alkanes of at least 4 members (excludes halogenated alkanes) is 1. The number of nitrogens with two attached hydrogens (primary N) is 1. The molecule has 1 aromatic carbocycles. The molecule has 0 unspecified atom stereocenters. The van der Waals surface area contributed by atoms with Gasteiger partial charge in [0.2, 0.25) is 0 Å². The van der Waals surface area contributed by atoms with E-state index in [1.54, 1.807) is 6.08 Å². The minimum Gasteiger partial charge on any atom is -0.383 e. The molecular formula is C21H28N4O4. The Morgan fingerprint density at radius 1 is 1.34 bits per heavy atom. The second kappa shape index (κ2) is 10.4. The van der Waals surface area contributed by atoms with Gasteiger partial charge in [0.05, 0.1) is 6.61 Å². The van der Waals surface area contributed by atoms with Crippen molar-refractivity contribution in [2.45, 2.75) is 33.2 Å². The highest BCUT2D eigenvalue weighted by molar-refractivity contribution is 6.05. The molecule has 0 radical (unpaired) electrons. The smallest absolute Gasteiger partial charge is 0.330 e. The number of nitrogens with one attached hydrogen (secondary N) is 1. The molecule has 0 saturated heterocycles. The van der Waals surface area contributed by atoms with Crippen molar-refractivity contribution in [2.24, 2.45) is 0 Å². The monoisotopic (exact) mass is 400 g/mol. The summed E-state index contributed by atoms with van der Waals surface area (Å²) in [5.74, 6) is -0.456. The highest BCUT2D eigenvalue weighted by Crippen LogP contribution is 2.18. The van der Waals surface area contributed by atoms with Crippen molar-refractivity contribution >= 4 is 23.5 Å². The Balaban J connectivity index is 2.45. The Labute approximate surface area is 169 Å². The highest BCUT2D eigenvalue weighted by Gasteiger charge is 2.22. The average molecular weight is 400 g/mol. The number of nitrogen functional groups attached to an aromatic ring is 1.